The lowest BCUT2D eigenvalue weighted by Gasteiger charge is -2.21. The molecule has 1 atom stereocenters. The Kier molecular flexibility index (Phi) is 5.22. The van der Waals surface area contributed by atoms with Crippen LogP contribution >= 0.6 is 0 Å². The van der Waals surface area contributed by atoms with Crippen molar-refractivity contribution in [3.05, 3.63) is 29.3 Å². The molecular formula is C18H26N2O2. The summed E-state index contributed by atoms with van der Waals surface area (Å²) in [5.74, 6) is -0.203. The molecule has 1 fully saturated rings. The maximum atomic E-state index is 12.6. The van der Waals surface area contributed by atoms with E-state index in [9.17, 15) is 9.59 Å². The summed E-state index contributed by atoms with van der Waals surface area (Å²) >= 11 is 0. The molecule has 2 rings (SSSR count). The van der Waals surface area contributed by atoms with Crippen LogP contribution in [0.5, 0.6) is 0 Å². The number of likely N-dealkylation sites (tertiary alicyclic amines) is 1. The van der Waals surface area contributed by atoms with Gasteiger partial charge in [0.05, 0.1) is 5.92 Å². The summed E-state index contributed by atoms with van der Waals surface area (Å²) in [4.78, 5) is 26.3. The number of benzene rings is 1. The zero-order valence-corrected chi connectivity index (χ0v) is 14.0. The minimum absolute atomic E-state index is 0.0351. The fourth-order valence-corrected chi connectivity index (χ4v) is 3.03. The Labute approximate surface area is 132 Å². The van der Waals surface area contributed by atoms with Crippen molar-refractivity contribution in [2.24, 2.45) is 5.92 Å². The average molecular weight is 302 g/mol. The van der Waals surface area contributed by atoms with Gasteiger partial charge in [-0.05, 0) is 37.8 Å². The van der Waals surface area contributed by atoms with Gasteiger partial charge in [-0.1, -0.05) is 32.0 Å². The second kappa shape index (κ2) is 6.95. The van der Waals surface area contributed by atoms with E-state index >= 15 is 0 Å². The first-order valence-electron chi connectivity index (χ1n) is 8.19. The van der Waals surface area contributed by atoms with Crippen molar-refractivity contribution in [3.63, 3.8) is 0 Å². The highest BCUT2D eigenvalue weighted by atomic mass is 16.2. The van der Waals surface area contributed by atoms with E-state index in [0.29, 0.717) is 13.0 Å². The van der Waals surface area contributed by atoms with E-state index < -0.39 is 0 Å². The van der Waals surface area contributed by atoms with Crippen molar-refractivity contribution in [2.45, 2.75) is 53.0 Å². The van der Waals surface area contributed by atoms with Crippen molar-refractivity contribution in [3.8, 4) is 0 Å². The fraction of sp³-hybridized carbons (Fsp3) is 0.556. The molecule has 1 heterocycles. The summed E-state index contributed by atoms with van der Waals surface area (Å²) < 4.78 is 0. The molecule has 2 amide bonds. The van der Waals surface area contributed by atoms with Crippen LogP contribution in [-0.2, 0) is 22.4 Å². The zero-order valence-electron chi connectivity index (χ0n) is 14.0. The molecule has 1 aromatic carbocycles. The van der Waals surface area contributed by atoms with Crippen LogP contribution in [0.25, 0.3) is 0 Å². The van der Waals surface area contributed by atoms with Crippen LogP contribution in [0.3, 0.4) is 0 Å². The number of nitrogens with zero attached hydrogens (tertiary/aromatic N) is 1. The summed E-state index contributed by atoms with van der Waals surface area (Å²) in [5.41, 5.74) is 3.24. The third-order valence-electron chi connectivity index (χ3n) is 4.40. The largest absolute Gasteiger partial charge is 0.339 e. The Hall–Kier alpha value is -1.84. The monoisotopic (exact) mass is 302 g/mol. The first-order chi connectivity index (χ1) is 10.5. The molecule has 0 spiro atoms. The Bertz CT molecular complexity index is 544. The van der Waals surface area contributed by atoms with Gasteiger partial charge < -0.3 is 10.2 Å². The maximum Gasteiger partial charge on any atom is 0.229 e. The zero-order chi connectivity index (χ0) is 16.3. The van der Waals surface area contributed by atoms with Gasteiger partial charge in [0.15, 0.2) is 0 Å². The highest BCUT2D eigenvalue weighted by Gasteiger charge is 2.35. The highest BCUT2D eigenvalue weighted by Crippen LogP contribution is 2.26. The second-order valence-electron chi connectivity index (χ2n) is 6.19. The molecule has 1 N–H and O–H groups in total. The van der Waals surface area contributed by atoms with E-state index in [0.717, 1.165) is 29.7 Å². The topological polar surface area (TPSA) is 49.4 Å². The van der Waals surface area contributed by atoms with Crippen molar-refractivity contribution < 1.29 is 9.59 Å². The third-order valence-corrected chi connectivity index (χ3v) is 4.40. The SMILES string of the molecule is CCc1cccc(CC)c1NC(=O)[C@@H]1CC(=O)N(C(C)C)C1. The average Bonchev–Trinajstić information content (AvgIpc) is 2.89. The Balaban J connectivity index is 2.15. The number of carbonyl (C=O) groups excluding carboxylic acids is 2. The molecule has 0 unspecified atom stereocenters. The summed E-state index contributed by atoms with van der Waals surface area (Å²) in [6, 6.07) is 6.29. The highest BCUT2D eigenvalue weighted by molar-refractivity contribution is 5.98. The van der Waals surface area contributed by atoms with Crippen molar-refractivity contribution in [2.75, 3.05) is 11.9 Å². The van der Waals surface area contributed by atoms with Crippen molar-refractivity contribution in [1.29, 1.82) is 0 Å². The summed E-state index contributed by atoms with van der Waals surface area (Å²) in [6.45, 7) is 8.67. The van der Waals surface area contributed by atoms with Crippen LogP contribution in [-0.4, -0.2) is 29.3 Å². The van der Waals surface area contributed by atoms with Crippen LogP contribution < -0.4 is 5.32 Å². The number of amides is 2. The molecule has 4 heteroatoms. The lowest BCUT2D eigenvalue weighted by molar-refractivity contribution is -0.129. The number of anilines is 1. The molecule has 1 aliphatic heterocycles. The standard InChI is InChI=1S/C18H26N2O2/c1-5-13-8-7-9-14(6-2)17(13)19-18(22)15-10-16(21)20(11-15)12(3)4/h7-9,12,15H,5-6,10-11H2,1-4H3,(H,19,22)/t15-/m1/s1. The van der Waals surface area contributed by atoms with Gasteiger partial charge in [0, 0.05) is 24.7 Å². The fourth-order valence-electron chi connectivity index (χ4n) is 3.03. The number of hydrogen-bond acceptors (Lipinski definition) is 2. The van der Waals surface area contributed by atoms with Crippen molar-refractivity contribution >= 4 is 17.5 Å². The minimum atomic E-state index is -0.246. The summed E-state index contributed by atoms with van der Waals surface area (Å²) in [7, 11) is 0. The number of carbonyl (C=O) groups is 2. The number of nitrogens with one attached hydrogen (secondary N) is 1. The molecule has 1 aliphatic rings. The van der Waals surface area contributed by atoms with Gasteiger partial charge in [-0.2, -0.15) is 0 Å². The van der Waals surface area contributed by atoms with E-state index in [1.54, 1.807) is 4.90 Å². The Morgan fingerprint density at radius 2 is 1.86 bits per heavy atom. The van der Waals surface area contributed by atoms with E-state index in [-0.39, 0.29) is 23.8 Å². The van der Waals surface area contributed by atoms with Crippen LogP contribution in [0.2, 0.25) is 0 Å². The van der Waals surface area contributed by atoms with Gasteiger partial charge in [-0.15, -0.1) is 0 Å². The Morgan fingerprint density at radius 1 is 1.27 bits per heavy atom. The van der Waals surface area contributed by atoms with Gasteiger partial charge in [0.1, 0.15) is 0 Å². The molecule has 120 valence electrons. The Morgan fingerprint density at radius 3 is 2.32 bits per heavy atom. The lowest BCUT2D eigenvalue weighted by atomic mass is 10.0. The number of para-hydroxylation sites is 1. The van der Waals surface area contributed by atoms with E-state index in [1.165, 1.54) is 0 Å². The lowest BCUT2D eigenvalue weighted by Crippen LogP contribution is -2.33. The van der Waals surface area contributed by atoms with E-state index in [2.05, 4.69) is 31.3 Å². The molecule has 4 nitrogen and oxygen atoms in total. The first-order valence-corrected chi connectivity index (χ1v) is 8.19. The molecular weight excluding hydrogens is 276 g/mol. The molecule has 22 heavy (non-hydrogen) atoms. The molecule has 0 bridgehead atoms. The van der Waals surface area contributed by atoms with E-state index in [1.807, 2.05) is 19.9 Å². The van der Waals surface area contributed by atoms with Crippen LogP contribution in [0.1, 0.15) is 45.2 Å². The first kappa shape index (κ1) is 16.5. The molecule has 1 saturated heterocycles. The van der Waals surface area contributed by atoms with E-state index in [4.69, 9.17) is 0 Å². The van der Waals surface area contributed by atoms with Crippen LogP contribution in [0.15, 0.2) is 18.2 Å². The van der Waals surface area contributed by atoms with Gasteiger partial charge in [-0.3, -0.25) is 9.59 Å². The van der Waals surface area contributed by atoms with Gasteiger partial charge in [0.25, 0.3) is 0 Å². The number of hydrogen-bond donors (Lipinski definition) is 1. The molecule has 0 radical (unpaired) electrons. The maximum absolute atomic E-state index is 12.6. The van der Waals surface area contributed by atoms with Gasteiger partial charge >= 0.3 is 0 Å². The predicted molar refractivity (Wildman–Crippen MR) is 88.8 cm³/mol. The molecule has 0 aliphatic carbocycles. The van der Waals surface area contributed by atoms with Gasteiger partial charge in [0.2, 0.25) is 11.8 Å². The van der Waals surface area contributed by atoms with Gasteiger partial charge in [-0.25, -0.2) is 0 Å². The second-order valence-corrected chi connectivity index (χ2v) is 6.19. The number of aryl methyl sites for hydroxylation is 2. The van der Waals surface area contributed by atoms with Crippen LogP contribution in [0, 0.1) is 5.92 Å². The predicted octanol–water partition coefficient (Wildman–Crippen LogP) is 3.01. The number of rotatable bonds is 5. The van der Waals surface area contributed by atoms with Crippen LogP contribution in [0.4, 0.5) is 5.69 Å². The smallest absolute Gasteiger partial charge is 0.229 e. The summed E-state index contributed by atoms with van der Waals surface area (Å²) in [5, 5.41) is 3.09. The van der Waals surface area contributed by atoms with Crippen molar-refractivity contribution in [1.82, 2.24) is 4.90 Å². The third kappa shape index (κ3) is 3.32. The molecule has 0 saturated carbocycles. The molecule has 1 aromatic rings. The molecule has 0 aromatic heterocycles. The quantitative estimate of drug-likeness (QED) is 0.909. The minimum Gasteiger partial charge on any atom is -0.339 e. The summed E-state index contributed by atoms with van der Waals surface area (Å²) in [6.07, 6.45) is 2.08. The normalized spacial score (nSPS) is 18.1.